The van der Waals surface area contributed by atoms with Crippen molar-refractivity contribution >= 4 is 34.4 Å². The fourth-order valence-corrected chi connectivity index (χ4v) is 7.06. The summed E-state index contributed by atoms with van der Waals surface area (Å²) in [6, 6.07) is 26.9. The number of nitrogens with zero attached hydrogens (tertiary/aromatic N) is 1. The lowest BCUT2D eigenvalue weighted by atomic mass is 9.68. The Kier molecular flexibility index (Phi) is 3.85. The minimum Gasteiger partial charge on any atom is -0.399 e. The molecule has 0 N–H and O–H groups in total. The minimum absolute atomic E-state index is 0.193. The van der Waals surface area contributed by atoms with E-state index < -0.39 is 7.12 Å². The first-order chi connectivity index (χ1) is 17.6. The molecule has 0 radical (unpaired) electrons. The van der Waals surface area contributed by atoms with Gasteiger partial charge in [0.15, 0.2) is 0 Å². The van der Waals surface area contributed by atoms with Gasteiger partial charge < -0.3 is 13.9 Å². The molecule has 1 aromatic heterocycles. The quantitative estimate of drug-likeness (QED) is 0.228. The Morgan fingerprint density at radius 3 is 2.14 bits per heavy atom. The maximum atomic E-state index is 6.63. The Morgan fingerprint density at radius 1 is 0.649 bits per heavy atom. The van der Waals surface area contributed by atoms with Crippen molar-refractivity contribution in [1.82, 2.24) is 4.57 Å². The smallest absolute Gasteiger partial charge is 0.399 e. The van der Waals surface area contributed by atoms with Gasteiger partial charge in [0, 0.05) is 27.3 Å². The lowest BCUT2D eigenvalue weighted by molar-refractivity contribution is 0.00578. The van der Waals surface area contributed by atoms with Crippen LogP contribution in [0.2, 0.25) is 0 Å². The molecule has 3 aliphatic rings. The number of para-hydroxylation sites is 2. The summed E-state index contributed by atoms with van der Waals surface area (Å²) in [6.45, 7) is 13.3. The monoisotopic (exact) mass is 483 g/mol. The van der Waals surface area contributed by atoms with Crippen molar-refractivity contribution in [2.75, 3.05) is 0 Å². The van der Waals surface area contributed by atoms with E-state index in [0.29, 0.717) is 0 Å². The Balaban J connectivity index is 1.56. The first-order valence-corrected chi connectivity index (χ1v) is 13.3. The molecular formula is C33H30BNO2. The summed E-state index contributed by atoms with van der Waals surface area (Å²) >= 11 is 0. The molecule has 1 aliphatic carbocycles. The number of fused-ring (bicyclic) bond motifs is 6. The van der Waals surface area contributed by atoms with Crippen LogP contribution in [0.5, 0.6) is 0 Å². The van der Waals surface area contributed by atoms with E-state index in [-0.39, 0.29) is 16.6 Å². The molecule has 4 aromatic carbocycles. The molecular weight excluding hydrogens is 453 g/mol. The molecule has 0 spiro atoms. The SMILES string of the molecule is CC1(C)c2ccc3c4ccccc4n4c3c2-c2c(ccc(B3OC(C)(C)C(C)(C)O3)c21)-c1ccccc1-4. The van der Waals surface area contributed by atoms with Crippen molar-refractivity contribution in [3.8, 4) is 27.9 Å². The van der Waals surface area contributed by atoms with E-state index in [4.69, 9.17) is 9.31 Å². The lowest BCUT2D eigenvalue weighted by Gasteiger charge is -2.32. The van der Waals surface area contributed by atoms with Crippen molar-refractivity contribution in [3.63, 3.8) is 0 Å². The maximum Gasteiger partial charge on any atom is 0.495 e. The molecule has 1 fully saturated rings. The van der Waals surface area contributed by atoms with Crippen molar-refractivity contribution in [1.29, 1.82) is 0 Å². The summed E-state index contributed by atoms with van der Waals surface area (Å²) in [7, 11) is -0.404. The molecule has 4 heteroatoms. The zero-order valence-electron chi connectivity index (χ0n) is 22.3. The number of hydrogen-bond donors (Lipinski definition) is 0. The molecule has 1 saturated heterocycles. The number of benzene rings is 4. The highest BCUT2D eigenvalue weighted by atomic mass is 16.7. The van der Waals surface area contributed by atoms with E-state index in [1.54, 1.807) is 0 Å². The standard InChI is InChI=1S/C33H30BNO2/c1-31(2)23-17-15-22-20-12-8-10-14-26(20)35-25-13-9-7-11-19(25)21-16-18-24(29(31)27(21)28(23)30(22)35)34-36-32(3,4)33(5,6)37-34/h7-18H,1-6H3. The molecule has 0 bridgehead atoms. The second-order valence-corrected chi connectivity index (χ2v) is 12.4. The van der Waals surface area contributed by atoms with Crippen molar-refractivity contribution in [2.45, 2.75) is 58.2 Å². The van der Waals surface area contributed by atoms with Crippen LogP contribution in [0.15, 0.2) is 72.8 Å². The van der Waals surface area contributed by atoms with Gasteiger partial charge in [0.2, 0.25) is 0 Å². The lowest BCUT2D eigenvalue weighted by Crippen LogP contribution is -2.41. The molecule has 0 atom stereocenters. The fourth-order valence-electron chi connectivity index (χ4n) is 7.06. The molecule has 0 unspecified atom stereocenters. The fraction of sp³-hybridized carbons (Fsp3) is 0.273. The normalized spacial score (nSPS) is 19.5. The number of hydrogen-bond acceptors (Lipinski definition) is 2. The third-order valence-electron chi connectivity index (χ3n) is 9.56. The molecule has 3 heterocycles. The highest BCUT2D eigenvalue weighted by molar-refractivity contribution is 6.63. The maximum absolute atomic E-state index is 6.63. The summed E-state index contributed by atoms with van der Waals surface area (Å²) in [5.41, 5.74) is 11.9. The first-order valence-electron chi connectivity index (χ1n) is 13.3. The van der Waals surface area contributed by atoms with Crippen LogP contribution < -0.4 is 5.46 Å². The van der Waals surface area contributed by atoms with Crippen LogP contribution in [0.25, 0.3) is 49.7 Å². The van der Waals surface area contributed by atoms with Crippen LogP contribution in [0, 0.1) is 0 Å². The topological polar surface area (TPSA) is 23.4 Å². The minimum atomic E-state index is -0.404. The van der Waals surface area contributed by atoms with Gasteiger partial charge in [0.05, 0.1) is 27.9 Å². The Bertz CT molecular complexity index is 1810. The summed E-state index contributed by atoms with van der Waals surface area (Å²) in [6.07, 6.45) is 0. The van der Waals surface area contributed by atoms with Gasteiger partial charge in [-0.2, -0.15) is 0 Å². The van der Waals surface area contributed by atoms with E-state index in [1.807, 2.05) is 0 Å². The zero-order chi connectivity index (χ0) is 25.5. The van der Waals surface area contributed by atoms with Crippen LogP contribution in [-0.2, 0) is 14.7 Å². The molecule has 2 aliphatic heterocycles. The van der Waals surface area contributed by atoms with E-state index in [2.05, 4.69) is 119 Å². The third kappa shape index (κ3) is 2.46. The van der Waals surface area contributed by atoms with E-state index in [9.17, 15) is 0 Å². The van der Waals surface area contributed by atoms with Gasteiger partial charge in [-0.3, -0.25) is 0 Å². The van der Waals surface area contributed by atoms with E-state index in [0.717, 1.165) is 5.46 Å². The van der Waals surface area contributed by atoms with Gasteiger partial charge in [-0.15, -0.1) is 0 Å². The third-order valence-corrected chi connectivity index (χ3v) is 9.56. The molecule has 5 aromatic rings. The highest BCUT2D eigenvalue weighted by Gasteiger charge is 2.54. The summed E-state index contributed by atoms with van der Waals surface area (Å²) in [4.78, 5) is 0. The first kappa shape index (κ1) is 21.7. The van der Waals surface area contributed by atoms with Crippen molar-refractivity contribution in [2.24, 2.45) is 0 Å². The van der Waals surface area contributed by atoms with Gasteiger partial charge in [0.1, 0.15) is 0 Å². The van der Waals surface area contributed by atoms with Crippen LogP contribution >= 0.6 is 0 Å². The molecule has 0 amide bonds. The predicted octanol–water partition coefficient (Wildman–Crippen LogP) is 7.37. The molecule has 3 nitrogen and oxygen atoms in total. The molecule has 37 heavy (non-hydrogen) atoms. The average Bonchev–Trinajstić information content (AvgIpc) is 3.37. The highest BCUT2D eigenvalue weighted by Crippen LogP contribution is 2.57. The van der Waals surface area contributed by atoms with Crippen LogP contribution in [0.4, 0.5) is 0 Å². The van der Waals surface area contributed by atoms with E-state index in [1.165, 1.54) is 60.9 Å². The Hall–Kier alpha value is -3.34. The van der Waals surface area contributed by atoms with Gasteiger partial charge in [0.25, 0.3) is 0 Å². The second-order valence-electron chi connectivity index (χ2n) is 12.4. The van der Waals surface area contributed by atoms with Gasteiger partial charge >= 0.3 is 7.12 Å². The molecule has 0 saturated carbocycles. The van der Waals surface area contributed by atoms with Crippen LogP contribution in [0.3, 0.4) is 0 Å². The zero-order valence-corrected chi connectivity index (χ0v) is 22.3. The van der Waals surface area contributed by atoms with Gasteiger partial charge in [-0.05, 0) is 67.5 Å². The second kappa shape index (κ2) is 6.56. The van der Waals surface area contributed by atoms with Crippen molar-refractivity contribution < 1.29 is 9.31 Å². The predicted molar refractivity (Wildman–Crippen MR) is 153 cm³/mol. The number of rotatable bonds is 1. The largest absolute Gasteiger partial charge is 0.495 e. The van der Waals surface area contributed by atoms with Crippen LogP contribution in [0.1, 0.15) is 52.7 Å². The Labute approximate surface area is 218 Å². The Morgan fingerprint density at radius 2 is 1.35 bits per heavy atom. The van der Waals surface area contributed by atoms with Gasteiger partial charge in [-0.1, -0.05) is 74.5 Å². The number of aromatic nitrogens is 1. The summed E-state index contributed by atoms with van der Waals surface area (Å²) < 4.78 is 15.8. The average molecular weight is 483 g/mol. The molecule has 8 rings (SSSR count). The van der Waals surface area contributed by atoms with Gasteiger partial charge in [-0.25, -0.2) is 0 Å². The molecule has 182 valence electrons. The van der Waals surface area contributed by atoms with E-state index >= 15 is 0 Å². The summed E-state index contributed by atoms with van der Waals surface area (Å²) in [5.74, 6) is 0. The van der Waals surface area contributed by atoms with Crippen LogP contribution in [-0.4, -0.2) is 22.9 Å². The van der Waals surface area contributed by atoms with Crippen molar-refractivity contribution in [3.05, 3.63) is 83.9 Å². The summed E-state index contributed by atoms with van der Waals surface area (Å²) in [5, 5.41) is 2.61.